The second kappa shape index (κ2) is 7.36. The van der Waals surface area contributed by atoms with Crippen LogP contribution in [0.15, 0.2) is 0 Å². The number of hydrogen-bond donors (Lipinski definition) is 1. The molecule has 0 aliphatic rings. The molecule has 0 radical (unpaired) electrons. The number of thioether (sulfide) groups is 1. The molecule has 0 atom stereocenters. The van der Waals surface area contributed by atoms with Gasteiger partial charge in [-0.3, -0.25) is 4.90 Å². The van der Waals surface area contributed by atoms with Crippen LogP contribution in [0.5, 0.6) is 0 Å². The van der Waals surface area contributed by atoms with E-state index in [1.165, 1.54) is 4.90 Å². The van der Waals surface area contributed by atoms with Gasteiger partial charge in [0.2, 0.25) is 0 Å². The monoisotopic (exact) mass is 231 g/mol. The van der Waals surface area contributed by atoms with E-state index < -0.39 is 12.7 Å². The highest BCUT2D eigenvalue weighted by atomic mass is 32.2. The molecule has 0 aliphatic heterocycles. The Morgan fingerprint density at radius 2 is 1.93 bits per heavy atom. The van der Waals surface area contributed by atoms with Gasteiger partial charge in [-0.05, 0) is 25.0 Å². The van der Waals surface area contributed by atoms with E-state index in [2.05, 4.69) is 0 Å². The van der Waals surface area contributed by atoms with E-state index in [9.17, 15) is 13.2 Å². The molecule has 0 aromatic carbocycles. The molecule has 14 heavy (non-hydrogen) atoms. The van der Waals surface area contributed by atoms with Crippen molar-refractivity contribution in [2.24, 2.45) is 0 Å². The zero-order chi connectivity index (χ0) is 11.0. The van der Waals surface area contributed by atoms with Gasteiger partial charge in [0.05, 0.1) is 13.2 Å². The Morgan fingerprint density at radius 1 is 1.29 bits per heavy atom. The average molecular weight is 231 g/mol. The maximum Gasteiger partial charge on any atom is 0.401 e. The molecule has 0 spiro atoms. The molecule has 0 rings (SSSR count). The molecule has 0 amide bonds. The van der Waals surface area contributed by atoms with Gasteiger partial charge in [0.25, 0.3) is 0 Å². The third kappa shape index (κ3) is 8.65. The molecular weight excluding hydrogens is 215 g/mol. The summed E-state index contributed by atoms with van der Waals surface area (Å²) in [7, 11) is 0. The van der Waals surface area contributed by atoms with E-state index in [1.807, 2.05) is 6.26 Å². The van der Waals surface area contributed by atoms with Crippen LogP contribution in [0.1, 0.15) is 6.42 Å². The summed E-state index contributed by atoms with van der Waals surface area (Å²) < 4.78 is 36.0. The van der Waals surface area contributed by atoms with Gasteiger partial charge < -0.3 is 5.11 Å². The zero-order valence-corrected chi connectivity index (χ0v) is 9.00. The fourth-order valence-electron chi connectivity index (χ4n) is 1.10. The molecule has 0 heterocycles. The van der Waals surface area contributed by atoms with Crippen LogP contribution in [-0.4, -0.2) is 54.4 Å². The summed E-state index contributed by atoms with van der Waals surface area (Å²) >= 11 is 1.61. The molecule has 1 N–H and O–H groups in total. The van der Waals surface area contributed by atoms with Gasteiger partial charge in [-0.25, -0.2) is 0 Å². The van der Waals surface area contributed by atoms with Crippen molar-refractivity contribution in [3.05, 3.63) is 0 Å². The minimum Gasteiger partial charge on any atom is -0.395 e. The second-order valence-corrected chi connectivity index (χ2v) is 3.95. The Kier molecular flexibility index (Phi) is 7.40. The number of alkyl halides is 3. The molecule has 0 aromatic heterocycles. The maximum absolute atomic E-state index is 12.0. The summed E-state index contributed by atoms with van der Waals surface area (Å²) in [5.41, 5.74) is 0. The summed E-state index contributed by atoms with van der Waals surface area (Å²) in [5, 5.41) is 8.58. The van der Waals surface area contributed by atoms with Crippen LogP contribution in [-0.2, 0) is 0 Å². The fraction of sp³-hybridized carbons (Fsp3) is 1.00. The van der Waals surface area contributed by atoms with Crippen molar-refractivity contribution in [2.75, 3.05) is 38.2 Å². The first-order chi connectivity index (χ1) is 6.49. The number of aliphatic hydroxyl groups is 1. The lowest BCUT2D eigenvalue weighted by Gasteiger charge is -2.22. The number of hydrogen-bond acceptors (Lipinski definition) is 3. The largest absolute Gasteiger partial charge is 0.401 e. The Balaban J connectivity index is 3.77. The first kappa shape index (κ1) is 14.1. The quantitative estimate of drug-likeness (QED) is 0.673. The molecule has 0 bridgehead atoms. The summed E-state index contributed by atoms with van der Waals surface area (Å²) in [6.45, 7) is -0.675. The topological polar surface area (TPSA) is 23.5 Å². The Hall–Kier alpha value is 0.0600. The number of aliphatic hydroxyl groups excluding tert-OH is 1. The predicted molar refractivity (Wildman–Crippen MR) is 52.6 cm³/mol. The minimum absolute atomic E-state index is 0.0912. The van der Waals surface area contributed by atoms with Crippen molar-refractivity contribution in [2.45, 2.75) is 12.6 Å². The highest BCUT2D eigenvalue weighted by molar-refractivity contribution is 7.98. The lowest BCUT2D eigenvalue weighted by Crippen LogP contribution is -2.37. The number of halogens is 3. The van der Waals surface area contributed by atoms with E-state index in [1.54, 1.807) is 11.8 Å². The summed E-state index contributed by atoms with van der Waals surface area (Å²) in [6, 6.07) is 0. The van der Waals surface area contributed by atoms with Gasteiger partial charge >= 0.3 is 6.18 Å². The summed E-state index contributed by atoms with van der Waals surface area (Å²) in [6.07, 6.45) is -1.54. The Morgan fingerprint density at radius 3 is 2.36 bits per heavy atom. The molecule has 6 heteroatoms. The van der Waals surface area contributed by atoms with Crippen molar-refractivity contribution in [3.8, 4) is 0 Å². The van der Waals surface area contributed by atoms with Gasteiger partial charge in [-0.2, -0.15) is 24.9 Å². The second-order valence-electron chi connectivity index (χ2n) is 2.96. The van der Waals surface area contributed by atoms with Crippen molar-refractivity contribution >= 4 is 11.8 Å². The van der Waals surface area contributed by atoms with E-state index in [4.69, 9.17) is 5.11 Å². The maximum atomic E-state index is 12.0. The van der Waals surface area contributed by atoms with E-state index in [-0.39, 0.29) is 13.2 Å². The first-order valence-electron chi connectivity index (χ1n) is 4.38. The van der Waals surface area contributed by atoms with E-state index >= 15 is 0 Å². The fourth-order valence-corrected chi connectivity index (χ4v) is 1.52. The van der Waals surface area contributed by atoms with Gasteiger partial charge in [0, 0.05) is 6.54 Å². The zero-order valence-electron chi connectivity index (χ0n) is 8.18. The molecular formula is C8H16F3NOS. The van der Waals surface area contributed by atoms with Crippen LogP contribution in [0.3, 0.4) is 0 Å². The van der Waals surface area contributed by atoms with Crippen molar-refractivity contribution in [1.82, 2.24) is 4.90 Å². The van der Waals surface area contributed by atoms with Crippen LogP contribution >= 0.6 is 11.8 Å². The third-order valence-corrected chi connectivity index (χ3v) is 2.34. The molecule has 0 fully saturated rings. The van der Waals surface area contributed by atoms with Gasteiger partial charge in [-0.1, -0.05) is 0 Å². The molecule has 86 valence electrons. The predicted octanol–water partition coefficient (Wildman–Crippen LogP) is 1.60. The van der Waals surface area contributed by atoms with Crippen LogP contribution in [0.25, 0.3) is 0 Å². The molecule has 0 unspecified atom stereocenters. The molecule has 0 aromatic rings. The first-order valence-corrected chi connectivity index (χ1v) is 5.78. The van der Waals surface area contributed by atoms with E-state index in [0.717, 1.165) is 12.2 Å². The Bertz CT molecular complexity index is 143. The van der Waals surface area contributed by atoms with Crippen LogP contribution in [0.2, 0.25) is 0 Å². The SMILES string of the molecule is CSCCCN(CCO)CC(F)(F)F. The van der Waals surface area contributed by atoms with E-state index in [0.29, 0.717) is 6.54 Å². The van der Waals surface area contributed by atoms with Crippen LogP contribution in [0, 0.1) is 0 Å². The van der Waals surface area contributed by atoms with Gasteiger partial charge in [0.15, 0.2) is 0 Å². The highest BCUT2D eigenvalue weighted by Crippen LogP contribution is 2.16. The Labute approximate surface area is 86.5 Å². The lowest BCUT2D eigenvalue weighted by molar-refractivity contribution is -0.146. The minimum atomic E-state index is -4.17. The van der Waals surface area contributed by atoms with Crippen LogP contribution in [0.4, 0.5) is 13.2 Å². The van der Waals surface area contributed by atoms with Crippen molar-refractivity contribution < 1.29 is 18.3 Å². The molecule has 0 saturated heterocycles. The summed E-state index contributed by atoms with van der Waals surface area (Å²) in [5.74, 6) is 0.847. The smallest absolute Gasteiger partial charge is 0.395 e. The molecule has 0 saturated carbocycles. The van der Waals surface area contributed by atoms with Gasteiger partial charge in [-0.15, -0.1) is 0 Å². The van der Waals surface area contributed by atoms with Gasteiger partial charge in [0.1, 0.15) is 0 Å². The standard InChI is InChI=1S/C8H16F3NOS/c1-14-6-2-3-12(4-5-13)7-8(9,10)11/h13H,2-7H2,1H3. The highest BCUT2D eigenvalue weighted by Gasteiger charge is 2.30. The average Bonchev–Trinajstić information content (AvgIpc) is 2.02. The lowest BCUT2D eigenvalue weighted by atomic mass is 10.4. The van der Waals surface area contributed by atoms with Crippen LogP contribution < -0.4 is 0 Å². The molecule has 2 nitrogen and oxygen atoms in total. The number of nitrogens with zero attached hydrogens (tertiary/aromatic N) is 1. The van der Waals surface area contributed by atoms with Crippen molar-refractivity contribution in [3.63, 3.8) is 0 Å². The molecule has 0 aliphatic carbocycles. The normalized spacial score (nSPS) is 12.4. The third-order valence-electron chi connectivity index (χ3n) is 1.64. The number of rotatable bonds is 7. The van der Waals surface area contributed by atoms with Crippen molar-refractivity contribution in [1.29, 1.82) is 0 Å². The summed E-state index contributed by atoms with van der Waals surface area (Å²) in [4.78, 5) is 1.23.